The van der Waals surface area contributed by atoms with Crippen molar-refractivity contribution in [1.82, 2.24) is 14.5 Å². The van der Waals surface area contributed by atoms with Crippen LogP contribution >= 0.6 is 0 Å². The highest BCUT2D eigenvalue weighted by molar-refractivity contribution is 5.84. The second-order valence-corrected chi connectivity index (χ2v) is 7.59. The molecule has 1 aliphatic rings. The van der Waals surface area contributed by atoms with Crippen molar-refractivity contribution in [2.24, 2.45) is 0 Å². The second-order valence-electron chi connectivity index (χ2n) is 7.59. The van der Waals surface area contributed by atoms with Crippen LogP contribution in [0.2, 0.25) is 0 Å². The van der Waals surface area contributed by atoms with Gasteiger partial charge in [0.2, 0.25) is 0 Å². The molecule has 176 valence electrons. The molecule has 1 saturated heterocycles. The fourth-order valence-electron chi connectivity index (χ4n) is 4.12. The van der Waals surface area contributed by atoms with Gasteiger partial charge in [-0.3, -0.25) is 14.3 Å². The van der Waals surface area contributed by atoms with Gasteiger partial charge < -0.3 is 9.84 Å². The lowest BCUT2D eigenvalue weighted by atomic mass is 10.0. The number of aromatic nitrogens is 2. The van der Waals surface area contributed by atoms with Crippen LogP contribution in [0, 0.1) is 17.1 Å². The van der Waals surface area contributed by atoms with Gasteiger partial charge in [-0.2, -0.15) is 18.4 Å². The lowest BCUT2D eigenvalue weighted by Gasteiger charge is -2.25. The summed E-state index contributed by atoms with van der Waals surface area (Å²) in [6.07, 6.45) is -5.69. The molecule has 2 heterocycles. The van der Waals surface area contributed by atoms with Gasteiger partial charge in [-0.05, 0) is 37.1 Å². The molecule has 0 bridgehead atoms. The van der Waals surface area contributed by atoms with Crippen LogP contribution in [0.3, 0.4) is 0 Å². The van der Waals surface area contributed by atoms with Gasteiger partial charge in [0.1, 0.15) is 5.82 Å². The molecule has 0 spiro atoms. The van der Waals surface area contributed by atoms with E-state index in [1.54, 1.807) is 6.07 Å². The molecule has 1 atom stereocenters. The Kier molecular flexibility index (Phi) is 5.64. The lowest BCUT2D eigenvalue weighted by Crippen LogP contribution is -2.34. The normalized spacial score (nSPS) is 16.0. The summed E-state index contributed by atoms with van der Waals surface area (Å²) in [4.78, 5) is 30.4. The van der Waals surface area contributed by atoms with E-state index < -0.39 is 51.7 Å². The van der Waals surface area contributed by atoms with Gasteiger partial charge in [0, 0.05) is 12.6 Å². The standard InChI is InChI=1S/C22H16F4N4O4/c1-34-17-5-4-12(9-15(17)23)30-19(16-3-2-6-29(16)21(32)33)28-18-13(20(30)31)7-11(10-27)8-14(18)22(24,25)26/h4-5,7-9,16H,2-3,6H2,1H3,(H,32,33)/t16-/m0/s1. The number of carboxylic acid groups (broad SMARTS) is 1. The predicted octanol–water partition coefficient (Wildman–Crippen LogP) is 4.24. The summed E-state index contributed by atoms with van der Waals surface area (Å²) >= 11 is 0. The van der Waals surface area contributed by atoms with Crippen LogP contribution in [-0.2, 0) is 6.18 Å². The molecule has 1 aromatic heterocycles. The van der Waals surface area contributed by atoms with Gasteiger partial charge in [-0.15, -0.1) is 0 Å². The average Bonchev–Trinajstić information content (AvgIpc) is 3.28. The molecule has 0 unspecified atom stereocenters. The Morgan fingerprint density at radius 1 is 1.29 bits per heavy atom. The van der Waals surface area contributed by atoms with E-state index in [4.69, 9.17) is 4.74 Å². The zero-order valence-electron chi connectivity index (χ0n) is 17.6. The van der Waals surface area contributed by atoms with Crippen LogP contribution in [0.4, 0.5) is 22.4 Å². The summed E-state index contributed by atoms with van der Waals surface area (Å²) in [7, 11) is 1.23. The number of benzene rings is 2. The number of nitriles is 1. The van der Waals surface area contributed by atoms with Gasteiger partial charge in [0.25, 0.3) is 5.56 Å². The molecule has 0 radical (unpaired) electrons. The van der Waals surface area contributed by atoms with Crippen molar-refractivity contribution in [3.05, 3.63) is 63.5 Å². The van der Waals surface area contributed by atoms with E-state index in [1.807, 2.05) is 0 Å². The molecule has 0 aliphatic carbocycles. The maximum absolute atomic E-state index is 14.5. The largest absolute Gasteiger partial charge is 0.494 e. The van der Waals surface area contributed by atoms with Crippen LogP contribution in [-0.4, -0.2) is 39.3 Å². The first kappa shape index (κ1) is 23.0. The van der Waals surface area contributed by atoms with Gasteiger partial charge in [-0.25, -0.2) is 14.2 Å². The third kappa shape index (κ3) is 3.79. The molecule has 4 rings (SSSR count). The summed E-state index contributed by atoms with van der Waals surface area (Å²) in [6, 6.07) is 5.58. The van der Waals surface area contributed by atoms with Crippen LogP contribution in [0.15, 0.2) is 35.1 Å². The van der Waals surface area contributed by atoms with Crippen LogP contribution in [0.1, 0.15) is 35.8 Å². The highest BCUT2D eigenvalue weighted by Gasteiger charge is 2.38. The van der Waals surface area contributed by atoms with Crippen LogP contribution in [0.5, 0.6) is 5.75 Å². The highest BCUT2D eigenvalue weighted by Crippen LogP contribution is 2.37. The Balaban J connectivity index is 2.13. The number of carbonyl (C=O) groups is 1. The number of halogens is 4. The molecular formula is C22H16F4N4O4. The first-order valence-electron chi connectivity index (χ1n) is 9.98. The number of methoxy groups -OCH3 is 1. The molecule has 2 aromatic carbocycles. The number of rotatable bonds is 3. The predicted molar refractivity (Wildman–Crippen MR) is 110 cm³/mol. The number of fused-ring (bicyclic) bond motifs is 1. The molecule has 1 N–H and O–H groups in total. The van der Waals surface area contributed by atoms with Crippen molar-refractivity contribution in [1.29, 1.82) is 5.26 Å². The molecule has 1 aliphatic heterocycles. The Bertz CT molecular complexity index is 1410. The fourth-order valence-corrected chi connectivity index (χ4v) is 4.12. The molecular weight excluding hydrogens is 460 g/mol. The molecule has 34 heavy (non-hydrogen) atoms. The molecule has 12 heteroatoms. The van der Waals surface area contributed by atoms with E-state index in [0.717, 1.165) is 21.6 Å². The molecule has 1 fully saturated rings. The van der Waals surface area contributed by atoms with Gasteiger partial charge in [-0.1, -0.05) is 0 Å². The summed E-state index contributed by atoms with van der Waals surface area (Å²) < 4.78 is 61.7. The average molecular weight is 476 g/mol. The van der Waals surface area contributed by atoms with E-state index in [2.05, 4.69) is 4.98 Å². The Labute approximate surface area is 189 Å². The van der Waals surface area contributed by atoms with Gasteiger partial charge >= 0.3 is 12.3 Å². The van der Waals surface area contributed by atoms with Crippen molar-refractivity contribution < 1.29 is 32.2 Å². The molecule has 8 nitrogen and oxygen atoms in total. The van der Waals surface area contributed by atoms with E-state index in [9.17, 15) is 37.5 Å². The summed E-state index contributed by atoms with van der Waals surface area (Å²) in [6.45, 7) is 0.0877. The van der Waals surface area contributed by atoms with Crippen molar-refractivity contribution in [2.45, 2.75) is 25.1 Å². The lowest BCUT2D eigenvalue weighted by molar-refractivity contribution is -0.136. The first-order valence-corrected chi connectivity index (χ1v) is 9.98. The van der Waals surface area contributed by atoms with E-state index in [1.165, 1.54) is 19.2 Å². The number of amides is 1. The number of hydrogen-bond donors (Lipinski definition) is 1. The summed E-state index contributed by atoms with van der Waals surface area (Å²) in [5, 5.41) is 18.3. The van der Waals surface area contributed by atoms with Crippen molar-refractivity contribution in [3.8, 4) is 17.5 Å². The SMILES string of the molecule is COc1ccc(-n2c([C@@H]3CCCN3C(=O)O)nc3c(C(F)(F)F)cc(C#N)cc3c2=O)cc1F. The maximum Gasteiger partial charge on any atom is 0.418 e. The van der Waals surface area contributed by atoms with Crippen LogP contribution < -0.4 is 10.3 Å². The van der Waals surface area contributed by atoms with E-state index in [0.29, 0.717) is 12.5 Å². The van der Waals surface area contributed by atoms with Crippen LogP contribution in [0.25, 0.3) is 16.6 Å². The number of ether oxygens (including phenoxy) is 1. The Morgan fingerprint density at radius 2 is 2.03 bits per heavy atom. The topological polar surface area (TPSA) is 108 Å². The zero-order valence-corrected chi connectivity index (χ0v) is 17.6. The third-order valence-corrected chi connectivity index (χ3v) is 5.62. The smallest absolute Gasteiger partial charge is 0.418 e. The molecule has 0 saturated carbocycles. The minimum atomic E-state index is -4.94. The summed E-state index contributed by atoms with van der Waals surface area (Å²) in [5.74, 6) is -1.26. The Hall–Kier alpha value is -4.14. The van der Waals surface area contributed by atoms with E-state index >= 15 is 0 Å². The number of hydrogen-bond acceptors (Lipinski definition) is 5. The number of likely N-dealkylation sites (tertiary alicyclic amines) is 1. The van der Waals surface area contributed by atoms with Crippen molar-refractivity contribution in [2.75, 3.05) is 13.7 Å². The quantitative estimate of drug-likeness (QED) is 0.567. The number of alkyl halides is 3. The maximum atomic E-state index is 14.5. The Morgan fingerprint density at radius 3 is 2.62 bits per heavy atom. The van der Waals surface area contributed by atoms with Crippen molar-refractivity contribution in [3.63, 3.8) is 0 Å². The minimum Gasteiger partial charge on any atom is -0.494 e. The number of nitrogens with zero attached hydrogens (tertiary/aromatic N) is 4. The fraction of sp³-hybridized carbons (Fsp3) is 0.273. The molecule has 1 amide bonds. The van der Waals surface area contributed by atoms with Crippen molar-refractivity contribution >= 4 is 17.0 Å². The molecule has 3 aromatic rings. The van der Waals surface area contributed by atoms with Gasteiger partial charge in [0.05, 0.1) is 46.9 Å². The summed E-state index contributed by atoms with van der Waals surface area (Å²) in [5.41, 5.74) is -3.50. The zero-order chi connectivity index (χ0) is 24.8. The van der Waals surface area contributed by atoms with Gasteiger partial charge in [0.15, 0.2) is 11.6 Å². The minimum absolute atomic E-state index is 0.0825. The van der Waals surface area contributed by atoms with E-state index in [-0.39, 0.29) is 30.2 Å². The highest BCUT2D eigenvalue weighted by atomic mass is 19.4. The first-order chi connectivity index (χ1) is 16.1. The second kappa shape index (κ2) is 8.33. The third-order valence-electron chi connectivity index (χ3n) is 5.62. The monoisotopic (exact) mass is 476 g/mol.